The molecule has 0 aliphatic heterocycles. The van der Waals surface area contributed by atoms with Crippen LogP contribution >= 0.6 is 0 Å². The lowest BCUT2D eigenvalue weighted by Gasteiger charge is -2.07. The summed E-state index contributed by atoms with van der Waals surface area (Å²) in [4.78, 5) is 15.6. The number of rotatable bonds is 6. The van der Waals surface area contributed by atoms with E-state index in [1.165, 1.54) is 12.3 Å². The van der Waals surface area contributed by atoms with Crippen LogP contribution in [-0.4, -0.2) is 28.5 Å². The number of oxime groups is 1. The summed E-state index contributed by atoms with van der Waals surface area (Å²) in [6.07, 6.45) is 1.46. The highest BCUT2D eigenvalue weighted by Crippen LogP contribution is 2.12. The first-order valence-corrected chi connectivity index (χ1v) is 6.77. The van der Waals surface area contributed by atoms with E-state index < -0.39 is 5.97 Å². The third-order valence-electron chi connectivity index (χ3n) is 2.80. The van der Waals surface area contributed by atoms with Crippen molar-refractivity contribution in [1.29, 1.82) is 0 Å². The summed E-state index contributed by atoms with van der Waals surface area (Å²) < 4.78 is 10.4. The Morgan fingerprint density at radius 3 is 2.59 bits per heavy atom. The Balaban J connectivity index is 2.02. The van der Waals surface area contributed by atoms with Gasteiger partial charge in [-0.1, -0.05) is 35.5 Å². The van der Waals surface area contributed by atoms with Gasteiger partial charge in [0.25, 0.3) is 0 Å². The number of pyridine rings is 1. The number of esters is 1. The maximum Gasteiger partial charge on any atom is 0.362 e. The summed E-state index contributed by atoms with van der Waals surface area (Å²) in [5.74, 6) is -0.177. The molecule has 6 heteroatoms. The number of hydrogen-bond donors (Lipinski definition) is 1. The zero-order valence-electron chi connectivity index (χ0n) is 12.1. The first-order chi connectivity index (χ1) is 10.7. The molecule has 2 aromatic rings. The van der Waals surface area contributed by atoms with Gasteiger partial charge in [0.15, 0.2) is 0 Å². The summed E-state index contributed by atoms with van der Waals surface area (Å²) in [5, 5.41) is 11.9. The molecule has 1 aromatic heterocycles. The molecule has 0 radical (unpaired) electrons. The van der Waals surface area contributed by atoms with E-state index in [1.54, 1.807) is 13.0 Å². The SMILES string of the molecule is CCOC(=O)/C(=N\O)c1ccc(OCc2ccccc2)cn1. The van der Waals surface area contributed by atoms with E-state index in [0.717, 1.165) is 5.56 Å². The van der Waals surface area contributed by atoms with Crippen LogP contribution in [-0.2, 0) is 16.1 Å². The van der Waals surface area contributed by atoms with Crippen molar-refractivity contribution in [3.05, 3.63) is 59.9 Å². The Hall–Kier alpha value is -2.89. The number of carbonyl (C=O) groups excluding carboxylic acids is 1. The minimum atomic E-state index is -0.726. The van der Waals surface area contributed by atoms with Crippen LogP contribution in [0.25, 0.3) is 0 Å². The molecule has 6 nitrogen and oxygen atoms in total. The standard InChI is InChI=1S/C16H16N2O4/c1-2-21-16(19)15(18-20)14-9-8-13(10-17-14)22-11-12-6-4-3-5-7-12/h3-10,20H,2,11H2,1H3/b18-15-. The van der Waals surface area contributed by atoms with Crippen LogP contribution in [0.4, 0.5) is 0 Å². The van der Waals surface area contributed by atoms with Crippen molar-refractivity contribution in [2.75, 3.05) is 6.61 Å². The van der Waals surface area contributed by atoms with Gasteiger partial charge in [0.1, 0.15) is 12.4 Å². The molecular weight excluding hydrogens is 284 g/mol. The molecule has 2 rings (SSSR count). The molecule has 0 atom stereocenters. The van der Waals surface area contributed by atoms with Gasteiger partial charge < -0.3 is 14.7 Å². The van der Waals surface area contributed by atoms with E-state index in [4.69, 9.17) is 14.7 Å². The normalized spacial score (nSPS) is 11.0. The Morgan fingerprint density at radius 1 is 1.23 bits per heavy atom. The van der Waals surface area contributed by atoms with Crippen molar-refractivity contribution >= 4 is 11.7 Å². The quantitative estimate of drug-likeness (QED) is 0.383. The van der Waals surface area contributed by atoms with Crippen LogP contribution in [0.1, 0.15) is 18.2 Å². The fourth-order valence-corrected chi connectivity index (χ4v) is 1.74. The molecule has 0 spiro atoms. The summed E-state index contributed by atoms with van der Waals surface area (Å²) in [6, 6.07) is 12.9. The highest BCUT2D eigenvalue weighted by molar-refractivity contribution is 6.42. The first kappa shape index (κ1) is 15.5. The minimum Gasteiger partial charge on any atom is -0.487 e. The van der Waals surface area contributed by atoms with Gasteiger partial charge in [0.2, 0.25) is 5.71 Å². The maximum atomic E-state index is 11.6. The Bertz CT molecular complexity index is 639. The molecule has 0 aliphatic carbocycles. The van der Waals surface area contributed by atoms with Crippen molar-refractivity contribution in [2.24, 2.45) is 5.16 Å². The first-order valence-electron chi connectivity index (χ1n) is 6.77. The zero-order valence-corrected chi connectivity index (χ0v) is 12.1. The molecule has 0 fully saturated rings. The molecule has 1 aromatic carbocycles. The molecule has 0 unspecified atom stereocenters. The molecule has 1 heterocycles. The number of hydrogen-bond acceptors (Lipinski definition) is 6. The van der Waals surface area contributed by atoms with Crippen molar-refractivity contribution in [3.63, 3.8) is 0 Å². The summed E-state index contributed by atoms with van der Waals surface area (Å²) in [5.41, 5.74) is 1.01. The van der Waals surface area contributed by atoms with E-state index in [1.807, 2.05) is 30.3 Å². The van der Waals surface area contributed by atoms with Crippen LogP contribution in [0.3, 0.4) is 0 Å². The van der Waals surface area contributed by atoms with Crippen molar-refractivity contribution in [3.8, 4) is 5.75 Å². The lowest BCUT2D eigenvalue weighted by atomic mass is 10.2. The highest BCUT2D eigenvalue weighted by Gasteiger charge is 2.17. The van der Waals surface area contributed by atoms with E-state index in [2.05, 4.69) is 10.1 Å². The number of carbonyl (C=O) groups is 1. The van der Waals surface area contributed by atoms with Gasteiger partial charge in [-0.2, -0.15) is 0 Å². The van der Waals surface area contributed by atoms with Crippen LogP contribution in [0, 0.1) is 0 Å². The summed E-state index contributed by atoms with van der Waals surface area (Å²) >= 11 is 0. The summed E-state index contributed by atoms with van der Waals surface area (Å²) in [6.45, 7) is 2.28. The monoisotopic (exact) mass is 300 g/mol. The molecule has 0 saturated heterocycles. The predicted octanol–water partition coefficient (Wildman–Crippen LogP) is 2.40. The molecule has 22 heavy (non-hydrogen) atoms. The largest absolute Gasteiger partial charge is 0.487 e. The Labute approximate surface area is 128 Å². The van der Waals surface area contributed by atoms with Gasteiger partial charge >= 0.3 is 5.97 Å². The fraction of sp³-hybridized carbons (Fsp3) is 0.188. The topological polar surface area (TPSA) is 81.0 Å². The minimum absolute atomic E-state index is 0.191. The maximum absolute atomic E-state index is 11.6. The van der Waals surface area contributed by atoms with Crippen molar-refractivity contribution in [2.45, 2.75) is 13.5 Å². The predicted molar refractivity (Wildman–Crippen MR) is 80.0 cm³/mol. The second-order valence-electron chi connectivity index (χ2n) is 4.32. The van der Waals surface area contributed by atoms with Gasteiger partial charge in [0.05, 0.1) is 18.5 Å². The molecular formula is C16H16N2O4. The Kier molecular flexibility index (Phi) is 5.48. The average molecular weight is 300 g/mol. The van der Waals surface area contributed by atoms with Gasteiger partial charge in [-0.05, 0) is 24.6 Å². The second kappa shape index (κ2) is 7.78. The Morgan fingerprint density at radius 2 is 2.00 bits per heavy atom. The highest BCUT2D eigenvalue weighted by atomic mass is 16.5. The van der Waals surface area contributed by atoms with Gasteiger partial charge in [0, 0.05) is 0 Å². The zero-order chi connectivity index (χ0) is 15.8. The molecule has 0 amide bonds. The van der Waals surface area contributed by atoms with E-state index >= 15 is 0 Å². The number of nitrogens with zero attached hydrogens (tertiary/aromatic N) is 2. The fourth-order valence-electron chi connectivity index (χ4n) is 1.74. The van der Waals surface area contributed by atoms with Crippen LogP contribution in [0.15, 0.2) is 53.8 Å². The van der Waals surface area contributed by atoms with E-state index in [9.17, 15) is 4.79 Å². The van der Waals surface area contributed by atoms with E-state index in [-0.39, 0.29) is 18.0 Å². The molecule has 114 valence electrons. The third kappa shape index (κ3) is 4.05. The van der Waals surface area contributed by atoms with Crippen LogP contribution in [0.5, 0.6) is 5.75 Å². The third-order valence-corrected chi connectivity index (χ3v) is 2.80. The van der Waals surface area contributed by atoms with Gasteiger partial charge in [-0.15, -0.1) is 0 Å². The smallest absolute Gasteiger partial charge is 0.362 e. The summed E-state index contributed by atoms with van der Waals surface area (Å²) in [7, 11) is 0. The second-order valence-corrected chi connectivity index (χ2v) is 4.32. The van der Waals surface area contributed by atoms with Gasteiger partial charge in [-0.25, -0.2) is 4.79 Å². The number of benzene rings is 1. The molecule has 1 N–H and O–H groups in total. The lowest BCUT2D eigenvalue weighted by molar-refractivity contribution is -0.135. The molecule has 0 saturated carbocycles. The number of aromatic nitrogens is 1. The van der Waals surface area contributed by atoms with Crippen LogP contribution < -0.4 is 4.74 Å². The average Bonchev–Trinajstić information content (AvgIpc) is 2.56. The van der Waals surface area contributed by atoms with Crippen LogP contribution in [0.2, 0.25) is 0 Å². The van der Waals surface area contributed by atoms with Crippen molar-refractivity contribution in [1.82, 2.24) is 4.98 Å². The van der Waals surface area contributed by atoms with Gasteiger partial charge in [-0.3, -0.25) is 4.98 Å². The van der Waals surface area contributed by atoms with Crippen molar-refractivity contribution < 1.29 is 19.5 Å². The molecule has 0 bridgehead atoms. The number of ether oxygens (including phenoxy) is 2. The lowest BCUT2D eigenvalue weighted by Crippen LogP contribution is -2.20. The van der Waals surface area contributed by atoms with E-state index in [0.29, 0.717) is 12.4 Å². The molecule has 0 aliphatic rings.